The number of carbonyl (C=O) groups is 1. The van der Waals surface area contributed by atoms with Gasteiger partial charge in [-0.25, -0.2) is 0 Å². The minimum atomic E-state index is -0.271. The van der Waals surface area contributed by atoms with E-state index in [2.05, 4.69) is 26.2 Å². The molecule has 1 amide bonds. The van der Waals surface area contributed by atoms with Crippen LogP contribution in [0.3, 0.4) is 0 Å². The standard InChI is InChI=1S/C14H13BrClN3O/c1-19(2)12-6-7-17-8-11(12)18-14(20)9-4-3-5-10(15)13(9)16/h3-8H,1-2H3,(H,18,20). The number of rotatable bonds is 3. The second-order valence-electron chi connectivity index (χ2n) is 4.34. The van der Waals surface area contributed by atoms with Gasteiger partial charge in [0.15, 0.2) is 0 Å². The summed E-state index contributed by atoms with van der Waals surface area (Å²) in [6.07, 6.45) is 3.29. The largest absolute Gasteiger partial charge is 0.376 e. The van der Waals surface area contributed by atoms with Gasteiger partial charge in [-0.2, -0.15) is 0 Å². The van der Waals surface area contributed by atoms with Gasteiger partial charge in [0.25, 0.3) is 5.91 Å². The molecule has 0 radical (unpaired) electrons. The highest BCUT2D eigenvalue weighted by Gasteiger charge is 2.14. The number of hydrogen-bond acceptors (Lipinski definition) is 3. The number of anilines is 2. The average molecular weight is 355 g/mol. The normalized spacial score (nSPS) is 10.2. The van der Waals surface area contributed by atoms with Crippen LogP contribution in [-0.4, -0.2) is 25.0 Å². The summed E-state index contributed by atoms with van der Waals surface area (Å²) in [5.74, 6) is -0.271. The maximum atomic E-state index is 12.3. The molecular weight excluding hydrogens is 342 g/mol. The highest BCUT2D eigenvalue weighted by Crippen LogP contribution is 2.28. The molecule has 1 heterocycles. The van der Waals surface area contributed by atoms with Gasteiger partial charge in [-0.15, -0.1) is 0 Å². The zero-order chi connectivity index (χ0) is 14.7. The quantitative estimate of drug-likeness (QED) is 0.911. The lowest BCUT2D eigenvalue weighted by atomic mass is 10.2. The summed E-state index contributed by atoms with van der Waals surface area (Å²) >= 11 is 9.43. The monoisotopic (exact) mass is 353 g/mol. The van der Waals surface area contributed by atoms with Gasteiger partial charge in [0.2, 0.25) is 0 Å². The van der Waals surface area contributed by atoms with Crippen molar-refractivity contribution in [2.75, 3.05) is 24.3 Å². The Morgan fingerprint density at radius 1 is 1.35 bits per heavy atom. The summed E-state index contributed by atoms with van der Waals surface area (Å²) in [6.45, 7) is 0. The van der Waals surface area contributed by atoms with E-state index in [0.717, 1.165) is 5.69 Å². The topological polar surface area (TPSA) is 45.2 Å². The van der Waals surface area contributed by atoms with E-state index in [1.54, 1.807) is 30.6 Å². The maximum Gasteiger partial charge on any atom is 0.257 e. The average Bonchev–Trinajstić information content (AvgIpc) is 2.42. The van der Waals surface area contributed by atoms with Crippen LogP contribution in [0.2, 0.25) is 5.02 Å². The Balaban J connectivity index is 2.31. The van der Waals surface area contributed by atoms with Crippen LogP contribution < -0.4 is 10.2 Å². The number of nitrogens with zero attached hydrogens (tertiary/aromatic N) is 2. The second-order valence-corrected chi connectivity index (χ2v) is 5.58. The predicted molar refractivity (Wildman–Crippen MR) is 85.7 cm³/mol. The number of pyridine rings is 1. The van der Waals surface area contributed by atoms with Gasteiger partial charge in [-0.05, 0) is 34.1 Å². The van der Waals surface area contributed by atoms with E-state index < -0.39 is 0 Å². The number of halogens is 2. The summed E-state index contributed by atoms with van der Waals surface area (Å²) in [5.41, 5.74) is 1.92. The van der Waals surface area contributed by atoms with E-state index in [9.17, 15) is 4.79 Å². The molecule has 0 saturated heterocycles. The van der Waals surface area contributed by atoms with Crippen LogP contribution in [0, 0.1) is 0 Å². The predicted octanol–water partition coefficient (Wildman–Crippen LogP) is 3.82. The minimum absolute atomic E-state index is 0.271. The van der Waals surface area contributed by atoms with E-state index in [4.69, 9.17) is 11.6 Å². The lowest BCUT2D eigenvalue weighted by Gasteiger charge is -2.17. The van der Waals surface area contributed by atoms with Gasteiger partial charge in [0.1, 0.15) is 0 Å². The molecule has 0 atom stereocenters. The molecule has 0 aliphatic heterocycles. The molecular formula is C14H13BrClN3O. The third-order valence-corrected chi connectivity index (χ3v) is 4.02. The fraction of sp³-hybridized carbons (Fsp3) is 0.143. The molecule has 0 unspecified atom stereocenters. The zero-order valence-corrected chi connectivity index (χ0v) is 13.4. The molecule has 1 aromatic heterocycles. The Morgan fingerprint density at radius 3 is 2.80 bits per heavy atom. The smallest absolute Gasteiger partial charge is 0.257 e. The van der Waals surface area contributed by atoms with Crippen LogP contribution in [0.1, 0.15) is 10.4 Å². The number of benzene rings is 1. The second kappa shape index (κ2) is 6.24. The summed E-state index contributed by atoms with van der Waals surface area (Å²) < 4.78 is 0.686. The van der Waals surface area contributed by atoms with Crippen molar-refractivity contribution in [3.05, 3.63) is 51.7 Å². The Morgan fingerprint density at radius 2 is 2.10 bits per heavy atom. The van der Waals surface area contributed by atoms with Crippen LogP contribution in [-0.2, 0) is 0 Å². The van der Waals surface area contributed by atoms with Gasteiger partial charge in [-0.3, -0.25) is 9.78 Å². The van der Waals surface area contributed by atoms with Crippen LogP contribution in [0.15, 0.2) is 41.1 Å². The van der Waals surface area contributed by atoms with E-state index in [0.29, 0.717) is 20.7 Å². The lowest BCUT2D eigenvalue weighted by Crippen LogP contribution is -2.17. The molecule has 20 heavy (non-hydrogen) atoms. The van der Waals surface area contributed by atoms with Gasteiger partial charge in [0, 0.05) is 24.8 Å². The summed E-state index contributed by atoms with van der Waals surface area (Å²) in [4.78, 5) is 18.2. The van der Waals surface area contributed by atoms with Crippen LogP contribution in [0.25, 0.3) is 0 Å². The van der Waals surface area contributed by atoms with E-state index in [-0.39, 0.29) is 5.91 Å². The third kappa shape index (κ3) is 3.11. The Hall–Kier alpha value is -1.59. The Bertz CT molecular complexity index is 646. The molecule has 0 aliphatic rings. The van der Waals surface area contributed by atoms with Crippen molar-refractivity contribution in [3.8, 4) is 0 Å². The molecule has 1 N–H and O–H groups in total. The highest BCUT2D eigenvalue weighted by atomic mass is 79.9. The van der Waals surface area contributed by atoms with Gasteiger partial charge in [-0.1, -0.05) is 17.7 Å². The van der Waals surface area contributed by atoms with Crippen molar-refractivity contribution in [1.82, 2.24) is 4.98 Å². The van der Waals surface area contributed by atoms with Gasteiger partial charge in [0.05, 0.1) is 28.2 Å². The number of nitrogens with one attached hydrogen (secondary N) is 1. The maximum absolute atomic E-state index is 12.3. The molecule has 0 bridgehead atoms. The van der Waals surface area contributed by atoms with Crippen LogP contribution in [0.4, 0.5) is 11.4 Å². The van der Waals surface area contributed by atoms with Gasteiger partial charge >= 0.3 is 0 Å². The fourth-order valence-electron chi connectivity index (χ4n) is 1.74. The number of aromatic nitrogens is 1. The first-order chi connectivity index (χ1) is 9.50. The number of hydrogen-bond donors (Lipinski definition) is 1. The fourth-order valence-corrected chi connectivity index (χ4v) is 2.32. The first kappa shape index (κ1) is 14.8. The van der Waals surface area contributed by atoms with Crippen molar-refractivity contribution < 1.29 is 4.79 Å². The molecule has 0 saturated carbocycles. The zero-order valence-electron chi connectivity index (χ0n) is 11.0. The van der Waals surface area contributed by atoms with E-state index in [1.807, 2.05) is 25.1 Å². The van der Waals surface area contributed by atoms with E-state index in [1.165, 1.54) is 0 Å². The molecule has 4 nitrogen and oxygen atoms in total. The van der Waals surface area contributed by atoms with Crippen LogP contribution >= 0.6 is 27.5 Å². The summed E-state index contributed by atoms with van der Waals surface area (Å²) in [5, 5.41) is 3.22. The summed E-state index contributed by atoms with van der Waals surface area (Å²) in [6, 6.07) is 7.06. The minimum Gasteiger partial charge on any atom is -0.376 e. The molecule has 1 aromatic carbocycles. The molecule has 0 spiro atoms. The van der Waals surface area contributed by atoms with Crippen molar-refractivity contribution in [2.24, 2.45) is 0 Å². The molecule has 0 aliphatic carbocycles. The first-order valence-electron chi connectivity index (χ1n) is 5.87. The molecule has 2 aromatic rings. The third-order valence-electron chi connectivity index (χ3n) is 2.72. The van der Waals surface area contributed by atoms with Crippen molar-refractivity contribution in [1.29, 1.82) is 0 Å². The van der Waals surface area contributed by atoms with Crippen LogP contribution in [0.5, 0.6) is 0 Å². The Labute approximate surface area is 130 Å². The van der Waals surface area contributed by atoms with Crippen molar-refractivity contribution in [2.45, 2.75) is 0 Å². The highest BCUT2D eigenvalue weighted by molar-refractivity contribution is 9.10. The number of amides is 1. The number of carbonyl (C=O) groups excluding carboxylic acids is 1. The Kier molecular flexibility index (Phi) is 4.62. The molecule has 0 fully saturated rings. The van der Waals surface area contributed by atoms with Gasteiger partial charge < -0.3 is 10.2 Å². The SMILES string of the molecule is CN(C)c1ccncc1NC(=O)c1cccc(Br)c1Cl. The van der Waals surface area contributed by atoms with Crippen molar-refractivity contribution in [3.63, 3.8) is 0 Å². The van der Waals surface area contributed by atoms with Crippen molar-refractivity contribution >= 4 is 44.8 Å². The molecule has 2 rings (SSSR count). The van der Waals surface area contributed by atoms with E-state index >= 15 is 0 Å². The molecule has 6 heteroatoms. The first-order valence-corrected chi connectivity index (χ1v) is 7.04. The lowest BCUT2D eigenvalue weighted by molar-refractivity contribution is 0.102. The molecule has 104 valence electrons. The summed E-state index contributed by atoms with van der Waals surface area (Å²) in [7, 11) is 3.80.